The SMILES string of the molecule is CS(=O)(=O)N1Cc2cc(C#N)ccc2N(Cc2cnc[nH]2)C[C@H]1Cc1cccnc1. The molecule has 9 heteroatoms. The number of sulfonamides is 1. The second-order valence-electron chi connectivity index (χ2n) is 7.44. The Morgan fingerprint density at radius 1 is 1.27 bits per heavy atom. The van der Waals surface area contributed by atoms with Gasteiger partial charge < -0.3 is 9.88 Å². The van der Waals surface area contributed by atoms with Crippen molar-refractivity contribution in [1.82, 2.24) is 19.3 Å². The Morgan fingerprint density at radius 3 is 2.80 bits per heavy atom. The van der Waals surface area contributed by atoms with Gasteiger partial charge in [-0.05, 0) is 41.8 Å². The fourth-order valence-corrected chi connectivity index (χ4v) is 4.96. The van der Waals surface area contributed by atoms with E-state index >= 15 is 0 Å². The van der Waals surface area contributed by atoms with Gasteiger partial charge in [0.05, 0.1) is 36.5 Å². The molecule has 0 aliphatic carbocycles. The number of aromatic amines is 1. The number of pyridine rings is 1. The van der Waals surface area contributed by atoms with E-state index < -0.39 is 10.0 Å². The number of H-pyrrole nitrogens is 1. The second kappa shape index (κ2) is 8.26. The summed E-state index contributed by atoms with van der Waals surface area (Å²) >= 11 is 0. The Bertz CT molecular complexity index is 1160. The number of rotatable bonds is 5. The largest absolute Gasteiger partial charge is 0.364 e. The first-order chi connectivity index (χ1) is 14.4. The molecule has 30 heavy (non-hydrogen) atoms. The first kappa shape index (κ1) is 20.1. The highest BCUT2D eigenvalue weighted by atomic mass is 32.2. The molecule has 8 nitrogen and oxygen atoms in total. The van der Waals surface area contributed by atoms with E-state index in [0.29, 0.717) is 25.1 Å². The van der Waals surface area contributed by atoms with Crippen LogP contribution in [0.15, 0.2) is 55.2 Å². The summed E-state index contributed by atoms with van der Waals surface area (Å²) in [5, 5.41) is 9.34. The zero-order chi connectivity index (χ0) is 21.1. The summed E-state index contributed by atoms with van der Waals surface area (Å²) < 4.78 is 27.0. The van der Waals surface area contributed by atoms with Gasteiger partial charge in [-0.25, -0.2) is 13.4 Å². The number of fused-ring (bicyclic) bond motifs is 1. The highest BCUT2D eigenvalue weighted by molar-refractivity contribution is 7.88. The zero-order valence-corrected chi connectivity index (χ0v) is 17.4. The summed E-state index contributed by atoms with van der Waals surface area (Å²) in [4.78, 5) is 13.5. The van der Waals surface area contributed by atoms with E-state index in [1.165, 1.54) is 10.6 Å². The second-order valence-corrected chi connectivity index (χ2v) is 9.38. The molecule has 0 amide bonds. The standard InChI is InChI=1S/C21H22N6O2S/c1-30(28,29)27-12-18-7-16(9-22)4-5-21(18)26(13-19-11-24-15-25-19)14-20(27)8-17-3-2-6-23-10-17/h2-7,10-11,15,20H,8,12-14H2,1H3,(H,24,25)/t20-/m1/s1. The summed E-state index contributed by atoms with van der Waals surface area (Å²) in [5.41, 5.74) is 4.15. The van der Waals surface area contributed by atoms with Crippen molar-refractivity contribution in [2.24, 2.45) is 0 Å². The van der Waals surface area contributed by atoms with Crippen LogP contribution in [0.4, 0.5) is 5.69 Å². The minimum atomic E-state index is -3.48. The van der Waals surface area contributed by atoms with E-state index in [1.54, 1.807) is 37.1 Å². The van der Waals surface area contributed by atoms with Gasteiger partial charge in [0, 0.05) is 43.4 Å². The van der Waals surface area contributed by atoms with Crippen LogP contribution in [0.25, 0.3) is 0 Å². The smallest absolute Gasteiger partial charge is 0.211 e. The third-order valence-corrected chi connectivity index (χ3v) is 6.53. The van der Waals surface area contributed by atoms with E-state index in [9.17, 15) is 13.7 Å². The van der Waals surface area contributed by atoms with Crippen LogP contribution in [0.1, 0.15) is 22.4 Å². The van der Waals surface area contributed by atoms with Crippen LogP contribution >= 0.6 is 0 Å². The van der Waals surface area contributed by atoms with Gasteiger partial charge in [-0.1, -0.05) is 6.07 Å². The lowest BCUT2D eigenvalue weighted by molar-refractivity contribution is 0.320. The van der Waals surface area contributed by atoms with Gasteiger partial charge in [-0.2, -0.15) is 9.57 Å². The van der Waals surface area contributed by atoms with Crippen LogP contribution < -0.4 is 4.90 Å². The topological polar surface area (TPSA) is 106 Å². The van der Waals surface area contributed by atoms with Crippen molar-refractivity contribution in [1.29, 1.82) is 5.26 Å². The third-order valence-electron chi connectivity index (χ3n) is 5.25. The Balaban J connectivity index is 1.77. The summed E-state index contributed by atoms with van der Waals surface area (Å²) in [7, 11) is -3.48. The van der Waals surface area contributed by atoms with E-state index in [4.69, 9.17) is 0 Å². The van der Waals surface area contributed by atoms with Gasteiger partial charge in [-0.15, -0.1) is 0 Å². The quantitative estimate of drug-likeness (QED) is 0.675. The number of hydrogen-bond acceptors (Lipinski definition) is 6. The lowest BCUT2D eigenvalue weighted by Gasteiger charge is -2.31. The van der Waals surface area contributed by atoms with Crippen LogP contribution in [0.5, 0.6) is 0 Å². The molecule has 3 aromatic rings. The fourth-order valence-electron chi connectivity index (χ4n) is 3.90. The monoisotopic (exact) mass is 422 g/mol. The van der Waals surface area contributed by atoms with Crippen molar-refractivity contribution < 1.29 is 8.42 Å². The van der Waals surface area contributed by atoms with Gasteiger partial charge in [0.1, 0.15) is 0 Å². The van der Waals surface area contributed by atoms with Crippen molar-refractivity contribution in [2.45, 2.75) is 25.6 Å². The lowest BCUT2D eigenvalue weighted by Crippen LogP contribution is -2.45. The van der Waals surface area contributed by atoms with Crippen molar-refractivity contribution in [3.05, 3.63) is 77.6 Å². The molecule has 3 heterocycles. The molecule has 1 aliphatic heterocycles. The van der Waals surface area contributed by atoms with Crippen LogP contribution in [0.2, 0.25) is 0 Å². The van der Waals surface area contributed by atoms with E-state index in [0.717, 1.165) is 22.5 Å². The fraction of sp³-hybridized carbons (Fsp3) is 0.286. The molecule has 1 atom stereocenters. The van der Waals surface area contributed by atoms with Gasteiger partial charge in [-0.3, -0.25) is 4.98 Å². The maximum atomic E-state index is 12.7. The Kier molecular flexibility index (Phi) is 5.53. The summed E-state index contributed by atoms with van der Waals surface area (Å²) in [6.07, 6.45) is 8.64. The highest BCUT2D eigenvalue weighted by Crippen LogP contribution is 2.31. The Morgan fingerprint density at radius 2 is 2.13 bits per heavy atom. The molecule has 154 valence electrons. The predicted molar refractivity (Wildman–Crippen MR) is 113 cm³/mol. The van der Waals surface area contributed by atoms with E-state index in [1.807, 2.05) is 18.2 Å². The minimum Gasteiger partial charge on any atom is -0.364 e. The van der Waals surface area contributed by atoms with Crippen LogP contribution in [-0.4, -0.2) is 46.5 Å². The Labute approximate surface area is 175 Å². The molecule has 0 spiro atoms. The normalized spacial score (nSPS) is 17.2. The molecule has 1 N–H and O–H groups in total. The number of anilines is 1. The average Bonchev–Trinajstić information content (AvgIpc) is 3.18. The molecule has 2 aromatic heterocycles. The molecular weight excluding hydrogens is 400 g/mol. The number of nitrogens with zero attached hydrogens (tertiary/aromatic N) is 5. The van der Waals surface area contributed by atoms with Crippen molar-refractivity contribution in [3.63, 3.8) is 0 Å². The maximum Gasteiger partial charge on any atom is 0.211 e. The van der Waals surface area contributed by atoms with Gasteiger partial charge in [0.25, 0.3) is 0 Å². The molecule has 4 rings (SSSR count). The van der Waals surface area contributed by atoms with Crippen molar-refractivity contribution in [2.75, 3.05) is 17.7 Å². The molecule has 0 saturated carbocycles. The first-order valence-electron chi connectivity index (χ1n) is 9.55. The van der Waals surface area contributed by atoms with E-state index in [-0.39, 0.29) is 12.6 Å². The van der Waals surface area contributed by atoms with Crippen molar-refractivity contribution in [3.8, 4) is 6.07 Å². The number of nitrogens with one attached hydrogen (secondary N) is 1. The van der Waals surface area contributed by atoms with Crippen LogP contribution in [0, 0.1) is 11.3 Å². The van der Waals surface area contributed by atoms with Crippen molar-refractivity contribution >= 4 is 15.7 Å². The highest BCUT2D eigenvalue weighted by Gasteiger charge is 2.33. The molecule has 0 unspecified atom stereocenters. The lowest BCUT2D eigenvalue weighted by atomic mass is 10.1. The Hall–Kier alpha value is -3.22. The van der Waals surface area contributed by atoms with Crippen LogP contribution in [0.3, 0.4) is 0 Å². The predicted octanol–water partition coefficient (Wildman–Crippen LogP) is 2.07. The number of benzene rings is 1. The minimum absolute atomic E-state index is 0.216. The third kappa shape index (κ3) is 4.35. The van der Waals surface area contributed by atoms with Gasteiger partial charge >= 0.3 is 0 Å². The molecule has 1 aromatic carbocycles. The van der Waals surface area contributed by atoms with Gasteiger partial charge in [0.2, 0.25) is 10.0 Å². The van der Waals surface area contributed by atoms with E-state index in [2.05, 4.69) is 25.9 Å². The maximum absolute atomic E-state index is 12.7. The first-order valence-corrected chi connectivity index (χ1v) is 11.4. The number of nitriles is 1. The molecule has 0 radical (unpaired) electrons. The van der Waals surface area contributed by atoms with Gasteiger partial charge in [0.15, 0.2) is 0 Å². The number of imidazole rings is 1. The molecule has 0 fully saturated rings. The molecular formula is C21H22N6O2S. The summed E-state index contributed by atoms with van der Waals surface area (Å²) in [5.74, 6) is 0. The number of aromatic nitrogens is 3. The average molecular weight is 423 g/mol. The molecule has 0 bridgehead atoms. The van der Waals surface area contributed by atoms with Crippen LogP contribution in [-0.2, 0) is 29.5 Å². The number of hydrogen-bond donors (Lipinski definition) is 1. The zero-order valence-electron chi connectivity index (χ0n) is 16.6. The summed E-state index contributed by atoms with van der Waals surface area (Å²) in [6, 6.07) is 11.1. The molecule has 0 saturated heterocycles. The summed E-state index contributed by atoms with van der Waals surface area (Å²) in [6.45, 7) is 1.27. The molecule has 1 aliphatic rings.